The molecule has 4 nitrogen and oxygen atoms in total. The van der Waals surface area contributed by atoms with Crippen molar-refractivity contribution in [2.75, 3.05) is 11.9 Å². The van der Waals surface area contributed by atoms with Gasteiger partial charge in [0, 0.05) is 12.6 Å². The minimum absolute atomic E-state index is 0.0128. The summed E-state index contributed by atoms with van der Waals surface area (Å²) in [6, 6.07) is 9.74. The average molecular weight is 298 g/mol. The molecule has 0 saturated carbocycles. The highest BCUT2D eigenvalue weighted by Crippen LogP contribution is 2.22. The van der Waals surface area contributed by atoms with E-state index in [9.17, 15) is 4.79 Å². The molecule has 4 heteroatoms. The zero-order chi connectivity index (χ0) is 15.9. The third-order valence-corrected chi connectivity index (χ3v) is 3.48. The van der Waals surface area contributed by atoms with Crippen molar-refractivity contribution in [1.29, 1.82) is 0 Å². The van der Waals surface area contributed by atoms with E-state index >= 15 is 0 Å². The number of benzene rings is 1. The number of carbonyl (C=O) groups is 1. The van der Waals surface area contributed by atoms with Crippen LogP contribution in [-0.2, 0) is 4.79 Å². The predicted octanol–water partition coefficient (Wildman–Crippen LogP) is 3.80. The largest absolute Gasteiger partial charge is 0.493 e. The molecule has 2 aromatic rings. The van der Waals surface area contributed by atoms with Crippen molar-refractivity contribution in [3.05, 3.63) is 53.3 Å². The molecular weight excluding hydrogens is 276 g/mol. The lowest BCUT2D eigenvalue weighted by atomic mass is 10.1. The molecule has 0 spiro atoms. The van der Waals surface area contributed by atoms with E-state index in [-0.39, 0.29) is 5.91 Å². The number of nitrogens with zero attached hydrogens (tertiary/aromatic N) is 1. The Balaban J connectivity index is 1.77. The van der Waals surface area contributed by atoms with E-state index in [2.05, 4.69) is 10.3 Å². The Labute approximate surface area is 131 Å². The van der Waals surface area contributed by atoms with Gasteiger partial charge in [-0.3, -0.25) is 9.78 Å². The van der Waals surface area contributed by atoms with Crippen molar-refractivity contribution in [3.63, 3.8) is 0 Å². The van der Waals surface area contributed by atoms with E-state index in [1.807, 2.05) is 51.1 Å². The molecule has 1 aromatic carbocycles. The third-order valence-electron chi connectivity index (χ3n) is 3.48. The van der Waals surface area contributed by atoms with Gasteiger partial charge in [0.2, 0.25) is 5.91 Å². The lowest BCUT2D eigenvalue weighted by Crippen LogP contribution is -2.14. The van der Waals surface area contributed by atoms with Crippen LogP contribution in [0.4, 0.5) is 5.69 Å². The van der Waals surface area contributed by atoms with Gasteiger partial charge in [0.05, 0.1) is 18.0 Å². The number of amides is 1. The van der Waals surface area contributed by atoms with Crippen LogP contribution in [-0.4, -0.2) is 17.5 Å². The van der Waals surface area contributed by atoms with Gasteiger partial charge in [-0.1, -0.05) is 18.2 Å². The Bertz CT molecular complexity index is 633. The van der Waals surface area contributed by atoms with Crippen LogP contribution in [0.25, 0.3) is 0 Å². The number of hydrogen-bond acceptors (Lipinski definition) is 3. The standard InChI is InChI=1S/C18H22N2O2/c1-13-7-4-8-14(2)18(13)22-12-6-10-17(21)20-16-9-5-11-19-15(16)3/h4-5,7-9,11H,6,10,12H2,1-3H3,(H,20,21). The number of aryl methyl sites for hydroxylation is 3. The number of para-hydroxylation sites is 1. The molecule has 0 aliphatic heterocycles. The SMILES string of the molecule is Cc1cccc(C)c1OCCCC(=O)Nc1cccnc1C. The monoisotopic (exact) mass is 298 g/mol. The number of anilines is 1. The second kappa shape index (κ2) is 7.59. The highest BCUT2D eigenvalue weighted by atomic mass is 16.5. The van der Waals surface area contributed by atoms with Crippen LogP contribution in [0.1, 0.15) is 29.7 Å². The van der Waals surface area contributed by atoms with Gasteiger partial charge in [-0.25, -0.2) is 0 Å². The molecule has 0 saturated heterocycles. The van der Waals surface area contributed by atoms with E-state index in [0.29, 0.717) is 19.4 Å². The van der Waals surface area contributed by atoms with Crippen molar-refractivity contribution in [2.45, 2.75) is 33.6 Å². The fourth-order valence-corrected chi connectivity index (χ4v) is 2.26. The third kappa shape index (κ3) is 4.32. The van der Waals surface area contributed by atoms with Gasteiger partial charge in [-0.05, 0) is 50.5 Å². The number of rotatable bonds is 6. The fraction of sp³-hybridized carbons (Fsp3) is 0.333. The maximum absolute atomic E-state index is 11.9. The summed E-state index contributed by atoms with van der Waals surface area (Å²) in [5, 5.41) is 2.87. The molecule has 0 aliphatic carbocycles. The van der Waals surface area contributed by atoms with Crippen LogP contribution in [0, 0.1) is 20.8 Å². The highest BCUT2D eigenvalue weighted by Gasteiger charge is 2.06. The number of hydrogen-bond donors (Lipinski definition) is 1. The number of pyridine rings is 1. The summed E-state index contributed by atoms with van der Waals surface area (Å²) in [4.78, 5) is 16.1. The molecule has 0 fully saturated rings. The molecule has 0 unspecified atom stereocenters. The first-order valence-corrected chi connectivity index (χ1v) is 7.48. The number of aromatic nitrogens is 1. The van der Waals surface area contributed by atoms with Gasteiger partial charge in [-0.2, -0.15) is 0 Å². The fourth-order valence-electron chi connectivity index (χ4n) is 2.26. The Hall–Kier alpha value is -2.36. The van der Waals surface area contributed by atoms with Crippen molar-refractivity contribution >= 4 is 11.6 Å². The topological polar surface area (TPSA) is 51.2 Å². The Morgan fingerprint density at radius 1 is 1.14 bits per heavy atom. The van der Waals surface area contributed by atoms with Crippen LogP contribution >= 0.6 is 0 Å². The molecule has 1 amide bonds. The van der Waals surface area contributed by atoms with Gasteiger partial charge >= 0.3 is 0 Å². The molecule has 0 bridgehead atoms. The minimum atomic E-state index is -0.0128. The van der Waals surface area contributed by atoms with Gasteiger partial charge < -0.3 is 10.1 Å². The van der Waals surface area contributed by atoms with Crippen molar-refractivity contribution in [1.82, 2.24) is 4.98 Å². The zero-order valence-electron chi connectivity index (χ0n) is 13.3. The normalized spacial score (nSPS) is 10.3. The molecule has 2 rings (SSSR count). The van der Waals surface area contributed by atoms with Gasteiger partial charge in [-0.15, -0.1) is 0 Å². The molecule has 116 valence electrons. The summed E-state index contributed by atoms with van der Waals surface area (Å²) in [5.74, 6) is 0.909. The quantitative estimate of drug-likeness (QED) is 0.825. The van der Waals surface area contributed by atoms with Crippen molar-refractivity contribution < 1.29 is 9.53 Å². The molecule has 1 aromatic heterocycles. The molecule has 0 radical (unpaired) electrons. The lowest BCUT2D eigenvalue weighted by molar-refractivity contribution is -0.116. The van der Waals surface area contributed by atoms with Gasteiger partial charge in [0.1, 0.15) is 5.75 Å². The summed E-state index contributed by atoms with van der Waals surface area (Å²) < 4.78 is 5.80. The Kier molecular flexibility index (Phi) is 5.53. The Morgan fingerprint density at radius 2 is 1.86 bits per heavy atom. The first-order valence-electron chi connectivity index (χ1n) is 7.48. The summed E-state index contributed by atoms with van der Waals surface area (Å²) in [5.41, 5.74) is 3.83. The molecule has 0 atom stereocenters. The van der Waals surface area contributed by atoms with E-state index in [1.165, 1.54) is 0 Å². The molecular formula is C18H22N2O2. The van der Waals surface area contributed by atoms with Crippen LogP contribution in [0.3, 0.4) is 0 Å². The number of ether oxygens (including phenoxy) is 1. The predicted molar refractivity (Wildman–Crippen MR) is 88.2 cm³/mol. The molecule has 22 heavy (non-hydrogen) atoms. The van der Waals surface area contributed by atoms with E-state index in [1.54, 1.807) is 6.20 Å². The first kappa shape index (κ1) is 16.0. The second-order valence-electron chi connectivity index (χ2n) is 5.36. The highest BCUT2D eigenvalue weighted by molar-refractivity contribution is 5.91. The lowest BCUT2D eigenvalue weighted by Gasteiger charge is -2.12. The first-order chi connectivity index (χ1) is 10.6. The Morgan fingerprint density at radius 3 is 2.55 bits per heavy atom. The van der Waals surface area contributed by atoms with Crippen molar-refractivity contribution in [2.24, 2.45) is 0 Å². The van der Waals surface area contributed by atoms with Crippen LogP contribution in [0.2, 0.25) is 0 Å². The summed E-state index contributed by atoms with van der Waals surface area (Å²) in [7, 11) is 0. The summed E-state index contributed by atoms with van der Waals surface area (Å²) >= 11 is 0. The smallest absolute Gasteiger partial charge is 0.224 e. The van der Waals surface area contributed by atoms with E-state index in [4.69, 9.17) is 4.74 Å². The molecule has 1 N–H and O–H groups in total. The number of nitrogens with one attached hydrogen (secondary N) is 1. The maximum Gasteiger partial charge on any atom is 0.224 e. The number of carbonyl (C=O) groups excluding carboxylic acids is 1. The van der Waals surface area contributed by atoms with E-state index < -0.39 is 0 Å². The van der Waals surface area contributed by atoms with Crippen LogP contribution in [0.5, 0.6) is 5.75 Å². The molecule has 0 aliphatic rings. The van der Waals surface area contributed by atoms with Gasteiger partial charge in [0.25, 0.3) is 0 Å². The van der Waals surface area contributed by atoms with Crippen LogP contribution < -0.4 is 10.1 Å². The van der Waals surface area contributed by atoms with Gasteiger partial charge in [0.15, 0.2) is 0 Å². The second-order valence-corrected chi connectivity index (χ2v) is 5.36. The van der Waals surface area contributed by atoms with Crippen molar-refractivity contribution in [3.8, 4) is 5.75 Å². The average Bonchev–Trinajstić information content (AvgIpc) is 2.48. The summed E-state index contributed by atoms with van der Waals surface area (Å²) in [6.07, 6.45) is 2.82. The maximum atomic E-state index is 11.9. The van der Waals surface area contributed by atoms with E-state index in [0.717, 1.165) is 28.3 Å². The zero-order valence-corrected chi connectivity index (χ0v) is 13.3. The van der Waals surface area contributed by atoms with Crippen LogP contribution in [0.15, 0.2) is 36.5 Å². The summed E-state index contributed by atoms with van der Waals surface area (Å²) in [6.45, 7) is 6.46. The molecule has 1 heterocycles. The minimum Gasteiger partial charge on any atom is -0.493 e.